The number of nitrogens with one attached hydrogen (secondary N) is 1. The van der Waals surface area contributed by atoms with Gasteiger partial charge in [0.15, 0.2) is 5.82 Å². The van der Waals surface area contributed by atoms with Crippen molar-refractivity contribution in [2.24, 2.45) is 5.92 Å². The summed E-state index contributed by atoms with van der Waals surface area (Å²) >= 11 is 0. The molecule has 2 aliphatic heterocycles. The van der Waals surface area contributed by atoms with Crippen molar-refractivity contribution in [3.63, 3.8) is 0 Å². The van der Waals surface area contributed by atoms with Gasteiger partial charge >= 0.3 is 0 Å². The number of rotatable bonds is 2. The van der Waals surface area contributed by atoms with E-state index >= 15 is 0 Å². The number of nitrogens with zero attached hydrogens (tertiary/aromatic N) is 2. The monoisotopic (exact) mass is 237 g/mol. The summed E-state index contributed by atoms with van der Waals surface area (Å²) in [7, 11) is 0. The quantitative estimate of drug-likeness (QED) is 0.839. The van der Waals surface area contributed by atoms with Gasteiger partial charge < -0.3 is 14.6 Å². The minimum Gasteiger partial charge on any atom is -0.381 e. The van der Waals surface area contributed by atoms with E-state index < -0.39 is 0 Å². The lowest BCUT2D eigenvalue weighted by Crippen LogP contribution is -2.17. The molecule has 94 valence electrons. The molecule has 17 heavy (non-hydrogen) atoms. The van der Waals surface area contributed by atoms with Crippen LogP contribution in [0.15, 0.2) is 4.52 Å². The Morgan fingerprint density at radius 1 is 1.35 bits per heavy atom. The Morgan fingerprint density at radius 3 is 3.00 bits per heavy atom. The van der Waals surface area contributed by atoms with Gasteiger partial charge in [-0.3, -0.25) is 0 Å². The van der Waals surface area contributed by atoms with Crippen molar-refractivity contribution >= 4 is 0 Å². The van der Waals surface area contributed by atoms with Crippen LogP contribution >= 0.6 is 0 Å². The van der Waals surface area contributed by atoms with Crippen molar-refractivity contribution in [3.05, 3.63) is 11.7 Å². The van der Waals surface area contributed by atoms with Gasteiger partial charge in [0.2, 0.25) is 5.89 Å². The van der Waals surface area contributed by atoms with Gasteiger partial charge in [-0.25, -0.2) is 0 Å². The first kappa shape index (κ1) is 11.2. The van der Waals surface area contributed by atoms with Crippen LogP contribution in [-0.4, -0.2) is 36.4 Å². The number of hydrogen-bond donors (Lipinski definition) is 1. The van der Waals surface area contributed by atoms with Crippen LogP contribution in [0.3, 0.4) is 0 Å². The lowest BCUT2D eigenvalue weighted by atomic mass is 9.98. The molecule has 0 amide bonds. The van der Waals surface area contributed by atoms with Gasteiger partial charge in [-0.05, 0) is 25.3 Å². The van der Waals surface area contributed by atoms with Crippen molar-refractivity contribution in [1.29, 1.82) is 0 Å². The zero-order valence-corrected chi connectivity index (χ0v) is 10.2. The van der Waals surface area contributed by atoms with Crippen molar-refractivity contribution in [2.45, 2.75) is 31.6 Å². The first-order valence-electron chi connectivity index (χ1n) is 6.46. The Balaban J connectivity index is 1.73. The minimum absolute atomic E-state index is 0.325. The molecule has 0 aromatic carbocycles. The summed E-state index contributed by atoms with van der Waals surface area (Å²) in [5, 5.41) is 7.48. The highest BCUT2D eigenvalue weighted by atomic mass is 16.5. The molecule has 2 fully saturated rings. The molecule has 2 saturated heterocycles. The Bertz CT molecular complexity index is 374. The maximum Gasteiger partial charge on any atom is 0.231 e. The molecule has 2 aliphatic rings. The fraction of sp³-hybridized carbons (Fsp3) is 0.833. The van der Waals surface area contributed by atoms with Gasteiger partial charge in [0.25, 0.3) is 0 Å². The molecule has 0 bridgehead atoms. The average Bonchev–Trinajstić information content (AvgIpc) is 2.98. The highest BCUT2D eigenvalue weighted by molar-refractivity contribution is 5.04. The summed E-state index contributed by atoms with van der Waals surface area (Å²) in [6.07, 6.45) is 2.20. The molecule has 0 spiro atoms. The third-order valence-corrected chi connectivity index (χ3v) is 3.82. The molecule has 1 unspecified atom stereocenters. The topological polar surface area (TPSA) is 60.2 Å². The van der Waals surface area contributed by atoms with Crippen LogP contribution in [0.1, 0.15) is 43.3 Å². The summed E-state index contributed by atoms with van der Waals surface area (Å²) in [4.78, 5) is 4.57. The third kappa shape index (κ3) is 2.21. The van der Waals surface area contributed by atoms with Gasteiger partial charge in [-0.2, -0.15) is 4.98 Å². The highest BCUT2D eigenvalue weighted by Crippen LogP contribution is 2.29. The molecule has 1 aromatic rings. The minimum atomic E-state index is 0.325. The van der Waals surface area contributed by atoms with E-state index in [-0.39, 0.29) is 0 Å². The lowest BCUT2D eigenvalue weighted by molar-refractivity contribution is 0.0773. The SMILES string of the molecule is C[C@@H]1CNC[C@H]1c1nc(C2CCCOC2)no1. The van der Waals surface area contributed by atoms with Crippen LogP contribution in [0.25, 0.3) is 0 Å². The second kappa shape index (κ2) is 4.74. The lowest BCUT2D eigenvalue weighted by Gasteiger charge is -2.18. The summed E-state index contributed by atoms with van der Waals surface area (Å²) in [6.45, 7) is 5.80. The first-order valence-corrected chi connectivity index (χ1v) is 6.46. The van der Waals surface area contributed by atoms with E-state index in [2.05, 4.69) is 22.4 Å². The molecule has 0 aliphatic carbocycles. The molecule has 1 aromatic heterocycles. The van der Waals surface area contributed by atoms with E-state index in [0.29, 0.717) is 17.8 Å². The average molecular weight is 237 g/mol. The van der Waals surface area contributed by atoms with Crippen molar-refractivity contribution < 1.29 is 9.26 Å². The van der Waals surface area contributed by atoms with Gasteiger partial charge in [0.1, 0.15) is 0 Å². The van der Waals surface area contributed by atoms with Gasteiger partial charge in [0.05, 0.1) is 12.5 Å². The summed E-state index contributed by atoms with van der Waals surface area (Å²) in [5.74, 6) is 2.90. The summed E-state index contributed by atoms with van der Waals surface area (Å²) in [5.41, 5.74) is 0. The summed E-state index contributed by atoms with van der Waals surface area (Å²) < 4.78 is 10.9. The number of ether oxygens (including phenoxy) is 1. The Hall–Kier alpha value is -0.940. The second-order valence-electron chi connectivity index (χ2n) is 5.15. The van der Waals surface area contributed by atoms with Gasteiger partial charge in [0, 0.05) is 19.1 Å². The Morgan fingerprint density at radius 2 is 2.29 bits per heavy atom. The number of hydrogen-bond acceptors (Lipinski definition) is 5. The predicted molar refractivity (Wildman–Crippen MR) is 61.9 cm³/mol. The molecule has 1 N–H and O–H groups in total. The molecule has 5 nitrogen and oxygen atoms in total. The van der Waals surface area contributed by atoms with Gasteiger partial charge in [-0.1, -0.05) is 12.1 Å². The zero-order chi connectivity index (χ0) is 11.7. The van der Waals surface area contributed by atoms with Crippen LogP contribution in [0.2, 0.25) is 0 Å². The van der Waals surface area contributed by atoms with Crippen LogP contribution in [0.5, 0.6) is 0 Å². The van der Waals surface area contributed by atoms with Crippen molar-refractivity contribution in [2.75, 3.05) is 26.3 Å². The van der Waals surface area contributed by atoms with Crippen molar-refractivity contribution in [3.8, 4) is 0 Å². The molecule has 5 heteroatoms. The predicted octanol–water partition coefficient (Wildman–Crippen LogP) is 1.29. The van der Waals surface area contributed by atoms with Crippen LogP contribution in [-0.2, 0) is 4.74 Å². The maximum atomic E-state index is 5.46. The second-order valence-corrected chi connectivity index (χ2v) is 5.15. The maximum absolute atomic E-state index is 5.46. The van der Waals surface area contributed by atoms with Crippen LogP contribution in [0, 0.1) is 5.92 Å². The van der Waals surface area contributed by atoms with E-state index in [1.165, 1.54) is 0 Å². The normalized spacial score (nSPS) is 34.1. The highest BCUT2D eigenvalue weighted by Gasteiger charge is 2.31. The fourth-order valence-electron chi connectivity index (χ4n) is 2.65. The van der Waals surface area contributed by atoms with E-state index in [0.717, 1.165) is 50.9 Å². The first-order chi connectivity index (χ1) is 8.34. The fourth-order valence-corrected chi connectivity index (χ4v) is 2.65. The molecule has 0 saturated carbocycles. The standard InChI is InChI=1S/C12H19N3O2/c1-8-5-13-6-10(8)12-14-11(15-17-12)9-3-2-4-16-7-9/h8-10,13H,2-7H2,1H3/t8-,9?,10-/m1/s1. The molecule has 0 radical (unpaired) electrons. The van der Waals surface area contributed by atoms with E-state index in [1.807, 2.05) is 0 Å². The Kier molecular flexibility index (Phi) is 3.11. The molecular weight excluding hydrogens is 218 g/mol. The van der Waals surface area contributed by atoms with Crippen molar-refractivity contribution in [1.82, 2.24) is 15.5 Å². The van der Waals surface area contributed by atoms with Crippen LogP contribution < -0.4 is 5.32 Å². The van der Waals surface area contributed by atoms with E-state index in [1.54, 1.807) is 0 Å². The zero-order valence-electron chi connectivity index (χ0n) is 10.2. The van der Waals surface area contributed by atoms with Gasteiger partial charge in [-0.15, -0.1) is 0 Å². The Labute approximate surface area is 101 Å². The molecule has 3 heterocycles. The van der Waals surface area contributed by atoms with Crippen LogP contribution in [0.4, 0.5) is 0 Å². The largest absolute Gasteiger partial charge is 0.381 e. The molecular formula is C12H19N3O2. The third-order valence-electron chi connectivity index (χ3n) is 3.82. The molecule has 3 atom stereocenters. The van der Waals surface area contributed by atoms with E-state index in [4.69, 9.17) is 9.26 Å². The van der Waals surface area contributed by atoms with E-state index in [9.17, 15) is 0 Å². The summed E-state index contributed by atoms with van der Waals surface area (Å²) in [6, 6.07) is 0. The molecule has 3 rings (SSSR count). The number of aromatic nitrogens is 2. The smallest absolute Gasteiger partial charge is 0.231 e.